The molecule has 15 heavy (non-hydrogen) atoms. The summed E-state index contributed by atoms with van der Waals surface area (Å²) < 4.78 is 5.47. The van der Waals surface area contributed by atoms with Crippen molar-refractivity contribution in [3.8, 4) is 0 Å². The Kier molecular flexibility index (Phi) is 5.58. The van der Waals surface area contributed by atoms with Gasteiger partial charge in [-0.2, -0.15) is 0 Å². The molecule has 0 aliphatic heterocycles. The van der Waals surface area contributed by atoms with Gasteiger partial charge in [-0.15, -0.1) is 0 Å². The zero-order valence-corrected chi connectivity index (χ0v) is 10.1. The quantitative estimate of drug-likeness (QED) is 0.604. The number of ether oxygens (including phenoxy) is 1. The number of nitrogens with one attached hydrogen (secondary N) is 1. The zero-order valence-electron chi connectivity index (χ0n) is 10.1. The van der Waals surface area contributed by atoms with Gasteiger partial charge in [0.15, 0.2) is 0 Å². The highest BCUT2D eigenvalue weighted by atomic mass is 16.5. The second-order valence-corrected chi connectivity index (χ2v) is 5.05. The van der Waals surface area contributed by atoms with Gasteiger partial charge in [-0.3, -0.25) is 0 Å². The van der Waals surface area contributed by atoms with Crippen LogP contribution in [-0.2, 0) is 4.74 Å². The van der Waals surface area contributed by atoms with E-state index in [1.54, 1.807) is 0 Å². The molecule has 90 valence electrons. The van der Waals surface area contributed by atoms with Crippen LogP contribution in [0.4, 0.5) is 0 Å². The molecule has 0 saturated heterocycles. The van der Waals surface area contributed by atoms with Gasteiger partial charge in [0, 0.05) is 19.7 Å². The van der Waals surface area contributed by atoms with Crippen molar-refractivity contribution in [2.24, 2.45) is 5.92 Å². The van der Waals surface area contributed by atoms with Crippen molar-refractivity contribution < 1.29 is 9.84 Å². The van der Waals surface area contributed by atoms with E-state index < -0.39 is 5.60 Å². The number of rotatable bonds is 8. The Hall–Kier alpha value is -0.120. The van der Waals surface area contributed by atoms with Gasteiger partial charge in [0.25, 0.3) is 0 Å². The topological polar surface area (TPSA) is 41.5 Å². The molecule has 1 aliphatic carbocycles. The highest BCUT2D eigenvalue weighted by Gasteiger charge is 2.33. The molecule has 3 heteroatoms. The molecule has 1 aliphatic rings. The van der Waals surface area contributed by atoms with Crippen molar-refractivity contribution >= 4 is 0 Å². The van der Waals surface area contributed by atoms with E-state index >= 15 is 0 Å². The van der Waals surface area contributed by atoms with Crippen LogP contribution >= 0.6 is 0 Å². The Labute approximate surface area is 93.2 Å². The largest absolute Gasteiger partial charge is 0.389 e. The average molecular weight is 215 g/mol. The Morgan fingerprint density at radius 2 is 2.07 bits per heavy atom. The summed E-state index contributed by atoms with van der Waals surface area (Å²) in [5, 5.41) is 13.0. The van der Waals surface area contributed by atoms with Crippen LogP contribution in [0, 0.1) is 5.92 Å². The van der Waals surface area contributed by atoms with Crippen LogP contribution in [-0.4, -0.2) is 37.0 Å². The summed E-state index contributed by atoms with van der Waals surface area (Å²) in [5.74, 6) is 0.716. The van der Waals surface area contributed by atoms with Gasteiger partial charge in [-0.25, -0.2) is 0 Å². The molecule has 0 heterocycles. The van der Waals surface area contributed by atoms with Crippen LogP contribution in [0.5, 0.6) is 0 Å². The molecule has 1 saturated carbocycles. The fraction of sp³-hybridized carbons (Fsp3) is 1.00. The summed E-state index contributed by atoms with van der Waals surface area (Å²) >= 11 is 0. The summed E-state index contributed by atoms with van der Waals surface area (Å²) in [4.78, 5) is 0. The van der Waals surface area contributed by atoms with Crippen molar-refractivity contribution in [2.45, 2.75) is 45.1 Å². The summed E-state index contributed by atoms with van der Waals surface area (Å²) in [7, 11) is 0. The summed E-state index contributed by atoms with van der Waals surface area (Å²) in [6.45, 7) is 7.58. The van der Waals surface area contributed by atoms with Gasteiger partial charge in [0.05, 0.1) is 12.2 Å². The van der Waals surface area contributed by atoms with Crippen molar-refractivity contribution in [2.75, 3.05) is 26.3 Å². The monoisotopic (exact) mass is 215 g/mol. The first-order valence-corrected chi connectivity index (χ1v) is 6.13. The molecule has 0 aromatic heterocycles. The molecule has 2 N–H and O–H groups in total. The highest BCUT2D eigenvalue weighted by molar-refractivity contribution is 4.89. The predicted molar refractivity (Wildman–Crippen MR) is 61.9 cm³/mol. The third-order valence-corrected chi connectivity index (χ3v) is 3.00. The number of hydrogen-bond acceptors (Lipinski definition) is 3. The lowest BCUT2D eigenvalue weighted by Crippen LogP contribution is -2.46. The Bertz CT molecular complexity index is 167. The van der Waals surface area contributed by atoms with Gasteiger partial charge in [0.1, 0.15) is 0 Å². The Morgan fingerprint density at radius 3 is 2.60 bits per heavy atom. The SMILES string of the molecule is CC(C)CCOCCNCC1(O)CCC1. The first-order valence-electron chi connectivity index (χ1n) is 6.13. The maximum Gasteiger partial charge on any atom is 0.0771 e. The van der Waals surface area contributed by atoms with Gasteiger partial charge in [0.2, 0.25) is 0 Å². The molecule has 0 radical (unpaired) electrons. The van der Waals surface area contributed by atoms with Gasteiger partial charge in [-0.1, -0.05) is 13.8 Å². The Balaban J connectivity index is 1.81. The lowest BCUT2D eigenvalue weighted by Gasteiger charge is -2.36. The maximum absolute atomic E-state index is 9.78. The standard InChI is InChI=1S/C12H25NO2/c1-11(2)4-8-15-9-7-13-10-12(14)5-3-6-12/h11,13-14H,3-10H2,1-2H3. The number of aliphatic hydroxyl groups is 1. The van der Waals surface area contributed by atoms with Crippen LogP contribution < -0.4 is 5.32 Å². The van der Waals surface area contributed by atoms with Crippen LogP contribution in [0.2, 0.25) is 0 Å². The van der Waals surface area contributed by atoms with E-state index in [2.05, 4.69) is 19.2 Å². The second-order valence-electron chi connectivity index (χ2n) is 5.05. The highest BCUT2D eigenvalue weighted by Crippen LogP contribution is 2.30. The van der Waals surface area contributed by atoms with E-state index in [1.807, 2.05) is 0 Å². The van der Waals surface area contributed by atoms with Crippen molar-refractivity contribution in [3.05, 3.63) is 0 Å². The van der Waals surface area contributed by atoms with E-state index in [0.29, 0.717) is 5.92 Å². The van der Waals surface area contributed by atoms with E-state index in [4.69, 9.17) is 4.74 Å². The van der Waals surface area contributed by atoms with Crippen LogP contribution in [0.1, 0.15) is 39.5 Å². The van der Waals surface area contributed by atoms with E-state index in [1.165, 1.54) is 6.42 Å². The second kappa shape index (κ2) is 6.46. The fourth-order valence-corrected chi connectivity index (χ4v) is 1.65. The molecule has 0 aromatic rings. The molecule has 1 rings (SSSR count). The minimum Gasteiger partial charge on any atom is -0.389 e. The molecule has 0 unspecified atom stereocenters. The molecule has 1 fully saturated rings. The lowest BCUT2D eigenvalue weighted by atomic mass is 9.80. The van der Waals surface area contributed by atoms with E-state index in [0.717, 1.165) is 45.6 Å². The Morgan fingerprint density at radius 1 is 1.33 bits per heavy atom. The maximum atomic E-state index is 9.78. The summed E-state index contributed by atoms with van der Waals surface area (Å²) in [6, 6.07) is 0. The predicted octanol–water partition coefficient (Wildman–Crippen LogP) is 1.55. The number of hydrogen-bond donors (Lipinski definition) is 2. The minimum atomic E-state index is -0.405. The van der Waals surface area contributed by atoms with E-state index in [-0.39, 0.29) is 0 Å². The fourth-order valence-electron chi connectivity index (χ4n) is 1.65. The summed E-state index contributed by atoms with van der Waals surface area (Å²) in [6.07, 6.45) is 4.20. The zero-order chi connectivity index (χ0) is 11.1. The molecule has 3 nitrogen and oxygen atoms in total. The summed E-state index contributed by atoms with van der Waals surface area (Å²) in [5.41, 5.74) is -0.405. The van der Waals surface area contributed by atoms with Crippen molar-refractivity contribution in [1.29, 1.82) is 0 Å². The first-order chi connectivity index (χ1) is 7.12. The molecule has 0 spiro atoms. The van der Waals surface area contributed by atoms with E-state index in [9.17, 15) is 5.11 Å². The van der Waals surface area contributed by atoms with Crippen molar-refractivity contribution in [3.63, 3.8) is 0 Å². The molecular weight excluding hydrogens is 190 g/mol. The van der Waals surface area contributed by atoms with Gasteiger partial charge in [-0.05, 0) is 31.6 Å². The average Bonchev–Trinajstić information content (AvgIpc) is 2.13. The molecule has 0 bridgehead atoms. The van der Waals surface area contributed by atoms with Gasteiger partial charge >= 0.3 is 0 Å². The normalized spacial score (nSPS) is 19.2. The van der Waals surface area contributed by atoms with Gasteiger partial charge < -0.3 is 15.2 Å². The third kappa shape index (κ3) is 5.50. The molecule has 0 aromatic carbocycles. The third-order valence-electron chi connectivity index (χ3n) is 3.00. The van der Waals surface area contributed by atoms with Crippen LogP contribution in [0.25, 0.3) is 0 Å². The molecular formula is C12H25NO2. The van der Waals surface area contributed by atoms with Crippen LogP contribution in [0.3, 0.4) is 0 Å². The lowest BCUT2D eigenvalue weighted by molar-refractivity contribution is -0.0322. The molecule has 0 amide bonds. The smallest absolute Gasteiger partial charge is 0.0771 e. The van der Waals surface area contributed by atoms with Crippen LogP contribution in [0.15, 0.2) is 0 Å². The molecule has 0 atom stereocenters. The van der Waals surface area contributed by atoms with Crippen molar-refractivity contribution in [1.82, 2.24) is 5.32 Å². The first kappa shape index (κ1) is 12.9. The minimum absolute atomic E-state index is 0.405.